The van der Waals surface area contributed by atoms with Crippen LogP contribution in [0.5, 0.6) is 17.2 Å². The zero-order valence-corrected chi connectivity index (χ0v) is 19.5. The van der Waals surface area contributed by atoms with Crippen molar-refractivity contribution in [2.75, 3.05) is 40.5 Å². The van der Waals surface area contributed by atoms with E-state index in [0.717, 1.165) is 30.9 Å². The van der Waals surface area contributed by atoms with Gasteiger partial charge in [-0.3, -0.25) is 0 Å². The fourth-order valence-electron chi connectivity index (χ4n) is 4.11. The molecule has 1 heterocycles. The number of likely N-dealkylation sites (tertiary alicyclic amines) is 1. The van der Waals surface area contributed by atoms with Crippen LogP contribution in [0.15, 0.2) is 42.5 Å². The van der Waals surface area contributed by atoms with Crippen molar-refractivity contribution >= 4 is 0 Å². The van der Waals surface area contributed by atoms with Gasteiger partial charge in [-0.1, -0.05) is 37.5 Å². The summed E-state index contributed by atoms with van der Waals surface area (Å²) in [4.78, 5) is 2.36. The molecule has 6 nitrogen and oxygen atoms in total. The van der Waals surface area contributed by atoms with Crippen molar-refractivity contribution in [1.29, 1.82) is 0 Å². The minimum Gasteiger partial charge on any atom is -0.497 e. The van der Waals surface area contributed by atoms with Crippen molar-refractivity contribution in [1.82, 2.24) is 10.2 Å². The largest absolute Gasteiger partial charge is 0.497 e. The maximum absolute atomic E-state index is 10.5. The Hall–Kier alpha value is -2.28. The summed E-state index contributed by atoms with van der Waals surface area (Å²) in [7, 11) is 3.32. The van der Waals surface area contributed by atoms with Gasteiger partial charge < -0.3 is 29.5 Å². The third-order valence-corrected chi connectivity index (χ3v) is 5.87. The first-order valence-electron chi connectivity index (χ1n) is 11.7. The maximum atomic E-state index is 10.5. The molecule has 0 bridgehead atoms. The van der Waals surface area contributed by atoms with Gasteiger partial charge in [0.1, 0.15) is 18.5 Å². The summed E-state index contributed by atoms with van der Waals surface area (Å²) in [6.07, 6.45) is 5.83. The molecule has 1 saturated heterocycles. The Morgan fingerprint density at radius 2 is 1.59 bits per heavy atom. The number of methoxy groups -OCH3 is 2. The molecule has 2 aromatic rings. The van der Waals surface area contributed by atoms with E-state index >= 15 is 0 Å². The quantitative estimate of drug-likeness (QED) is 0.549. The van der Waals surface area contributed by atoms with Crippen molar-refractivity contribution in [3.05, 3.63) is 53.6 Å². The van der Waals surface area contributed by atoms with Crippen LogP contribution in [0.3, 0.4) is 0 Å². The minimum atomic E-state index is -0.519. The molecule has 0 aliphatic carbocycles. The van der Waals surface area contributed by atoms with Gasteiger partial charge >= 0.3 is 0 Å². The van der Waals surface area contributed by atoms with Crippen LogP contribution in [-0.2, 0) is 13.1 Å². The molecule has 176 valence electrons. The Labute approximate surface area is 192 Å². The van der Waals surface area contributed by atoms with E-state index in [1.807, 2.05) is 36.4 Å². The summed E-state index contributed by atoms with van der Waals surface area (Å²) in [5.41, 5.74) is 2.27. The summed E-state index contributed by atoms with van der Waals surface area (Å²) in [5.74, 6) is 2.21. The van der Waals surface area contributed by atoms with Gasteiger partial charge in [-0.25, -0.2) is 0 Å². The first-order chi connectivity index (χ1) is 15.7. The maximum Gasteiger partial charge on any atom is 0.161 e. The summed E-state index contributed by atoms with van der Waals surface area (Å²) < 4.78 is 16.7. The SMILES string of the molecule is COc1cccc(CNCc2ccc(OC)c(OCC(O)CN3CCCCCCC3)c2)c1. The number of nitrogens with one attached hydrogen (secondary N) is 1. The second-order valence-corrected chi connectivity index (χ2v) is 8.47. The van der Waals surface area contributed by atoms with Crippen LogP contribution in [0.25, 0.3) is 0 Å². The smallest absolute Gasteiger partial charge is 0.161 e. The molecular weight excluding hydrogens is 404 g/mol. The van der Waals surface area contributed by atoms with Crippen LogP contribution in [-0.4, -0.2) is 56.6 Å². The van der Waals surface area contributed by atoms with Crippen molar-refractivity contribution in [2.24, 2.45) is 0 Å². The van der Waals surface area contributed by atoms with E-state index in [1.54, 1.807) is 14.2 Å². The van der Waals surface area contributed by atoms with Gasteiger partial charge in [0.05, 0.1) is 14.2 Å². The number of β-amino-alcohol motifs (C(OH)–C–C–N with tert-alkyl or cyclic N) is 1. The van der Waals surface area contributed by atoms with Gasteiger partial charge in [0.25, 0.3) is 0 Å². The van der Waals surface area contributed by atoms with Crippen LogP contribution in [0.1, 0.15) is 43.2 Å². The predicted octanol–water partition coefficient (Wildman–Crippen LogP) is 4.00. The molecular formula is C26H38N2O4. The lowest BCUT2D eigenvalue weighted by atomic mass is 10.1. The van der Waals surface area contributed by atoms with Gasteiger partial charge in [0.2, 0.25) is 0 Å². The van der Waals surface area contributed by atoms with Crippen LogP contribution in [0, 0.1) is 0 Å². The second-order valence-electron chi connectivity index (χ2n) is 8.47. The molecule has 0 aromatic heterocycles. The molecule has 0 amide bonds. The molecule has 3 rings (SSSR count). The van der Waals surface area contributed by atoms with Crippen LogP contribution < -0.4 is 19.5 Å². The van der Waals surface area contributed by atoms with Crippen molar-refractivity contribution in [3.63, 3.8) is 0 Å². The number of aliphatic hydroxyl groups is 1. The highest BCUT2D eigenvalue weighted by Gasteiger charge is 2.15. The standard InChI is InChI=1S/C26H38N2O4/c1-30-24-10-8-9-21(15-24)17-27-18-22-11-12-25(31-2)26(16-22)32-20-23(29)19-28-13-6-4-3-5-7-14-28/h8-12,15-16,23,27,29H,3-7,13-14,17-20H2,1-2H3. The van der Waals surface area contributed by atoms with Gasteiger partial charge in [0.15, 0.2) is 11.5 Å². The first-order valence-corrected chi connectivity index (χ1v) is 11.7. The van der Waals surface area contributed by atoms with Crippen LogP contribution >= 0.6 is 0 Å². The average molecular weight is 443 g/mol. The normalized spacial score (nSPS) is 16.1. The number of benzene rings is 2. The number of rotatable bonds is 11. The van der Waals surface area contributed by atoms with E-state index in [4.69, 9.17) is 14.2 Å². The molecule has 0 saturated carbocycles. The zero-order chi connectivity index (χ0) is 22.6. The summed E-state index contributed by atoms with van der Waals surface area (Å²) in [5, 5.41) is 14.0. The number of aliphatic hydroxyl groups excluding tert-OH is 1. The molecule has 0 spiro atoms. The fourth-order valence-corrected chi connectivity index (χ4v) is 4.11. The van der Waals surface area contributed by atoms with Crippen molar-refractivity contribution in [2.45, 2.75) is 51.3 Å². The highest BCUT2D eigenvalue weighted by atomic mass is 16.5. The molecule has 1 aliphatic heterocycles. The van der Waals surface area contributed by atoms with Gasteiger partial charge in [-0.2, -0.15) is 0 Å². The molecule has 1 fully saturated rings. The summed E-state index contributed by atoms with van der Waals surface area (Å²) in [6, 6.07) is 14.0. The average Bonchev–Trinajstić information content (AvgIpc) is 2.79. The van der Waals surface area contributed by atoms with Crippen molar-refractivity contribution < 1.29 is 19.3 Å². The van der Waals surface area contributed by atoms with E-state index in [2.05, 4.69) is 16.3 Å². The fraction of sp³-hybridized carbons (Fsp3) is 0.538. The van der Waals surface area contributed by atoms with Gasteiger partial charge in [-0.05, 0) is 61.3 Å². The zero-order valence-electron chi connectivity index (χ0n) is 19.5. The lowest BCUT2D eigenvalue weighted by molar-refractivity contribution is 0.0644. The van der Waals surface area contributed by atoms with Crippen molar-refractivity contribution in [3.8, 4) is 17.2 Å². The Balaban J connectivity index is 1.50. The number of hydrogen-bond acceptors (Lipinski definition) is 6. The van der Waals surface area contributed by atoms with E-state index in [0.29, 0.717) is 24.6 Å². The number of hydrogen-bond donors (Lipinski definition) is 2. The number of nitrogens with zero attached hydrogens (tertiary/aromatic N) is 1. The van der Waals surface area contributed by atoms with E-state index in [9.17, 15) is 5.11 Å². The highest BCUT2D eigenvalue weighted by Crippen LogP contribution is 2.28. The Morgan fingerprint density at radius 1 is 0.875 bits per heavy atom. The van der Waals surface area contributed by atoms with Gasteiger partial charge in [0, 0.05) is 19.6 Å². The van der Waals surface area contributed by atoms with E-state index in [1.165, 1.54) is 37.7 Å². The monoisotopic (exact) mass is 442 g/mol. The topological polar surface area (TPSA) is 63.2 Å². The third-order valence-electron chi connectivity index (χ3n) is 5.87. The molecule has 32 heavy (non-hydrogen) atoms. The molecule has 2 aromatic carbocycles. The predicted molar refractivity (Wildman–Crippen MR) is 128 cm³/mol. The first kappa shape index (κ1) is 24.4. The van der Waals surface area contributed by atoms with Gasteiger partial charge in [-0.15, -0.1) is 0 Å². The highest BCUT2D eigenvalue weighted by molar-refractivity contribution is 5.43. The van der Waals surface area contributed by atoms with Crippen LogP contribution in [0.2, 0.25) is 0 Å². The molecule has 1 atom stereocenters. The van der Waals surface area contributed by atoms with Crippen LogP contribution in [0.4, 0.5) is 0 Å². The molecule has 1 unspecified atom stereocenters. The summed E-state index contributed by atoms with van der Waals surface area (Å²) >= 11 is 0. The Kier molecular flexibility index (Phi) is 10.1. The second kappa shape index (κ2) is 13.3. The lowest BCUT2D eigenvalue weighted by Crippen LogP contribution is -2.37. The number of ether oxygens (including phenoxy) is 3. The summed E-state index contributed by atoms with van der Waals surface area (Å²) in [6.45, 7) is 4.49. The molecule has 1 aliphatic rings. The lowest BCUT2D eigenvalue weighted by Gasteiger charge is -2.26. The van der Waals surface area contributed by atoms with E-state index < -0.39 is 6.10 Å². The molecule has 6 heteroatoms. The Bertz CT molecular complexity index is 806. The van der Waals surface area contributed by atoms with E-state index in [-0.39, 0.29) is 6.61 Å². The molecule has 0 radical (unpaired) electrons. The third kappa shape index (κ3) is 8.01. The minimum absolute atomic E-state index is 0.257. The molecule has 2 N–H and O–H groups in total. The Morgan fingerprint density at radius 3 is 2.31 bits per heavy atom.